The maximum absolute atomic E-state index is 11.8. The first-order valence-corrected chi connectivity index (χ1v) is 7.13. The van der Waals surface area contributed by atoms with Crippen LogP contribution in [0.2, 0.25) is 10.0 Å². The molecule has 5 nitrogen and oxygen atoms in total. The number of hydrogen-bond donors (Lipinski definition) is 3. The Bertz CT molecular complexity index is 531. The minimum atomic E-state index is -1.14. The van der Waals surface area contributed by atoms with E-state index in [9.17, 15) is 9.59 Å². The lowest BCUT2D eigenvalue weighted by Gasteiger charge is -2.18. The predicted molar refractivity (Wildman–Crippen MR) is 84.5 cm³/mol. The third-order valence-corrected chi connectivity index (χ3v) is 3.28. The van der Waals surface area contributed by atoms with Crippen LogP contribution in [0.15, 0.2) is 12.1 Å². The van der Waals surface area contributed by atoms with Crippen molar-refractivity contribution in [2.24, 2.45) is 5.41 Å². The largest absolute Gasteiger partial charge is 0.478 e. The second-order valence-electron chi connectivity index (χ2n) is 5.81. The number of carbonyl (C=O) groups excluding carboxylic acids is 1. The number of rotatable bonds is 4. The number of anilines is 1. The molecule has 116 valence electrons. The van der Waals surface area contributed by atoms with Crippen LogP contribution in [0.1, 0.15) is 37.6 Å². The zero-order chi connectivity index (χ0) is 16.2. The van der Waals surface area contributed by atoms with E-state index in [0.717, 1.165) is 6.42 Å². The molecule has 3 N–H and O–H groups in total. The molecule has 0 unspecified atom stereocenters. The number of carboxylic acid groups (broad SMARTS) is 1. The van der Waals surface area contributed by atoms with Gasteiger partial charge in [0, 0.05) is 6.54 Å². The highest BCUT2D eigenvalue weighted by Gasteiger charge is 2.15. The fourth-order valence-electron chi connectivity index (χ4n) is 1.52. The molecule has 0 aliphatic rings. The second kappa shape index (κ2) is 7.00. The van der Waals surface area contributed by atoms with Crippen LogP contribution in [0, 0.1) is 5.41 Å². The highest BCUT2D eigenvalue weighted by atomic mass is 35.5. The predicted octanol–water partition coefficient (Wildman–Crippen LogP) is 4.25. The number of nitrogens with one attached hydrogen (secondary N) is 2. The summed E-state index contributed by atoms with van der Waals surface area (Å²) in [6, 6.07) is 2.03. The maximum atomic E-state index is 11.8. The summed E-state index contributed by atoms with van der Waals surface area (Å²) in [4.78, 5) is 22.6. The number of benzene rings is 1. The van der Waals surface area contributed by atoms with Crippen molar-refractivity contribution in [3.8, 4) is 0 Å². The Morgan fingerprint density at radius 3 is 2.14 bits per heavy atom. The van der Waals surface area contributed by atoms with E-state index in [1.807, 2.05) is 0 Å². The van der Waals surface area contributed by atoms with E-state index in [-0.39, 0.29) is 26.7 Å². The molecule has 0 fully saturated rings. The third-order valence-electron chi connectivity index (χ3n) is 2.69. The lowest BCUT2D eigenvalue weighted by molar-refractivity contribution is 0.0697. The van der Waals surface area contributed by atoms with Gasteiger partial charge in [0.2, 0.25) is 0 Å². The average molecular weight is 333 g/mol. The zero-order valence-corrected chi connectivity index (χ0v) is 13.6. The highest BCUT2D eigenvalue weighted by molar-refractivity contribution is 6.40. The molecule has 0 atom stereocenters. The summed E-state index contributed by atoms with van der Waals surface area (Å²) in [6.45, 7) is 6.73. The molecule has 0 aliphatic carbocycles. The smallest absolute Gasteiger partial charge is 0.335 e. The van der Waals surface area contributed by atoms with Crippen molar-refractivity contribution in [3.05, 3.63) is 27.7 Å². The first-order chi connectivity index (χ1) is 9.60. The summed E-state index contributed by atoms with van der Waals surface area (Å²) < 4.78 is 0. The SMILES string of the molecule is CC(C)(C)CCNC(=O)Nc1c(Cl)cc(C(=O)O)cc1Cl. The Morgan fingerprint density at radius 1 is 1.19 bits per heavy atom. The number of amides is 2. The summed E-state index contributed by atoms with van der Waals surface area (Å²) in [5.74, 6) is -1.14. The van der Waals surface area contributed by atoms with Crippen LogP contribution in [-0.4, -0.2) is 23.7 Å². The van der Waals surface area contributed by atoms with Crippen molar-refractivity contribution < 1.29 is 14.7 Å². The van der Waals surface area contributed by atoms with Gasteiger partial charge in [-0.1, -0.05) is 44.0 Å². The first-order valence-electron chi connectivity index (χ1n) is 6.37. The second-order valence-corrected chi connectivity index (χ2v) is 6.63. The average Bonchev–Trinajstić information content (AvgIpc) is 2.31. The van der Waals surface area contributed by atoms with Crippen LogP contribution in [0.5, 0.6) is 0 Å². The minimum Gasteiger partial charge on any atom is -0.478 e. The van der Waals surface area contributed by atoms with Crippen LogP contribution in [0.25, 0.3) is 0 Å². The van der Waals surface area contributed by atoms with Crippen LogP contribution in [0.3, 0.4) is 0 Å². The number of urea groups is 1. The van der Waals surface area contributed by atoms with Gasteiger partial charge in [-0.15, -0.1) is 0 Å². The van der Waals surface area contributed by atoms with E-state index in [1.54, 1.807) is 0 Å². The van der Waals surface area contributed by atoms with Gasteiger partial charge in [0.05, 0.1) is 21.3 Å². The Balaban J connectivity index is 2.71. The normalized spacial score (nSPS) is 11.1. The number of carbonyl (C=O) groups is 2. The van der Waals surface area contributed by atoms with Gasteiger partial charge in [-0.2, -0.15) is 0 Å². The molecule has 0 radical (unpaired) electrons. The summed E-state index contributed by atoms with van der Waals surface area (Å²) >= 11 is 11.9. The molecule has 21 heavy (non-hydrogen) atoms. The summed E-state index contributed by atoms with van der Waals surface area (Å²) in [5.41, 5.74) is 0.270. The topological polar surface area (TPSA) is 78.4 Å². The molecule has 0 saturated heterocycles. The molecular weight excluding hydrogens is 315 g/mol. The van der Waals surface area contributed by atoms with Crippen molar-refractivity contribution in [1.29, 1.82) is 0 Å². The van der Waals surface area contributed by atoms with Crippen molar-refractivity contribution in [2.45, 2.75) is 27.2 Å². The number of aromatic carboxylic acids is 1. The molecule has 0 bridgehead atoms. The number of carboxylic acids is 1. The third kappa shape index (κ3) is 5.81. The molecule has 1 rings (SSSR count). The van der Waals surface area contributed by atoms with Crippen molar-refractivity contribution in [2.75, 3.05) is 11.9 Å². The maximum Gasteiger partial charge on any atom is 0.335 e. The Morgan fingerprint density at radius 2 is 1.71 bits per heavy atom. The van der Waals surface area contributed by atoms with E-state index in [1.165, 1.54) is 12.1 Å². The monoisotopic (exact) mass is 332 g/mol. The van der Waals surface area contributed by atoms with E-state index in [2.05, 4.69) is 31.4 Å². The standard InChI is InChI=1S/C14H18Cl2N2O3/c1-14(2,3)4-5-17-13(21)18-11-9(15)6-8(12(19)20)7-10(11)16/h6-7H,4-5H2,1-3H3,(H,19,20)(H2,17,18,21). The molecule has 2 amide bonds. The van der Waals surface area contributed by atoms with Gasteiger partial charge in [0.1, 0.15) is 0 Å². The van der Waals surface area contributed by atoms with Crippen LogP contribution in [0.4, 0.5) is 10.5 Å². The highest BCUT2D eigenvalue weighted by Crippen LogP contribution is 2.31. The fourth-order valence-corrected chi connectivity index (χ4v) is 2.11. The van der Waals surface area contributed by atoms with Crippen LogP contribution >= 0.6 is 23.2 Å². The van der Waals surface area contributed by atoms with Gasteiger partial charge < -0.3 is 15.7 Å². The van der Waals surface area contributed by atoms with Gasteiger partial charge in [-0.05, 0) is 24.0 Å². The van der Waals surface area contributed by atoms with Crippen molar-refractivity contribution >= 4 is 40.9 Å². The lowest BCUT2D eigenvalue weighted by Crippen LogP contribution is -2.31. The first kappa shape index (κ1) is 17.6. The Labute approximate surface area is 133 Å². The lowest BCUT2D eigenvalue weighted by atomic mass is 9.92. The molecular formula is C14H18Cl2N2O3. The summed E-state index contributed by atoms with van der Waals surface area (Å²) in [7, 11) is 0. The molecule has 0 spiro atoms. The van der Waals surface area contributed by atoms with Gasteiger partial charge in [-0.3, -0.25) is 0 Å². The summed E-state index contributed by atoms with van der Waals surface area (Å²) in [6.07, 6.45) is 0.819. The van der Waals surface area contributed by atoms with E-state index >= 15 is 0 Å². The van der Waals surface area contributed by atoms with E-state index < -0.39 is 12.0 Å². The summed E-state index contributed by atoms with van der Waals surface area (Å²) in [5, 5.41) is 14.3. The Kier molecular flexibility index (Phi) is 5.87. The molecule has 1 aromatic rings. The van der Waals surface area contributed by atoms with Gasteiger partial charge in [-0.25, -0.2) is 9.59 Å². The Hall–Kier alpha value is -1.46. The fraction of sp³-hybridized carbons (Fsp3) is 0.429. The minimum absolute atomic E-state index is 0.0382. The van der Waals surface area contributed by atoms with Crippen molar-refractivity contribution in [1.82, 2.24) is 5.32 Å². The van der Waals surface area contributed by atoms with E-state index in [4.69, 9.17) is 28.3 Å². The van der Waals surface area contributed by atoms with E-state index in [0.29, 0.717) is 6.54 Å². The van der Waals surface area contributed by atoms with Crippen LogP contribution in [-0.2, 0) is 0 Å². The zero-order valence-electron chi connectivity index (χ0n) is 12.1. The van der Waals surface area contributed by atoms with Crippen LogP contribution < -0.4 is 10.6 Å². The molecule has 7 heteroatoms. The molecule has 0 heterocycles. The molecule has 1 aromatic carbocycles. The van der Waals surface area contributed by atoms with Crippen molar-refractivity contribution in [3.63, 3.8) is 0 Å². The van der Waals surface area contributed by atoms with Gasteiger partial charge in [0.15, 0.2) is 0 Å². The number of halogens is 2. The molecule has 0 aliphatic heterocycles. The quantitative estimate of drug-likeness (QED) is 0.771. The molecule has 0 saturated carbocycles. The number of hydrogen-bond acceptors (Lipinski definition) is 2. The van der Waals surface area contributed by atoms with Gasteiger partial charge in [0.25, 0.3) is 0 Å². The van der Waals surface area contributed by atoms with Gasteiger partial charge >= 0.3 is 12.0 Å². The molecule has 0 aromatic heterocycles.